The van der Waals surface area contributed by atoms with Crippen LogP contribution in [0.15, 0.2) is 0 Å². The van der Waals surface area contributed by atoms with E-state index < -0.39 is 5.60 Å². The molecule has 0 amide bonds. The number of rotatable bonds is 5. The highest BCUT2D eigenvalue weighted by molar-refractivity contribution is 5.76. The summed E-state index contributed by atoms with van der Waals surface area (Å²) in [5.41, 5.74) is -0.455. The molecule has 5 nitrogen and oxygen atoms in total. The second kappa shape index (κ2) is 7.07. The summed E-state index contributed by atoms with van der Waals surface area (Å²) in [6.07, 6.45) is 2.25. The first kappa shape index (κ1) is 15.4. The predicted molar refractivity (Wildman–Crippen MR) is 68.3 cm³/mol. The van der Waals surface area contributed by atoms with Crippen LogP contribution in [-0.2, 0) is 14.3 Å². The van der Waals surface area contributed by atoms with E-state index in [1.165, 1.54) is 0 Å². The van der Waals surface area contributed by atoms with Crippen molar-refractivity contribution >= 4 is 5.97 Å². The van der Waals surface area contributed by atoms with Gasteiger partial charge in [0, 0.05) is 13.2 Å². The number of hydrogen-bond donors (Lipinski definition) is 2. The molecule has 2 N–H and O–H groups in total. The molecule has 0 aromatic rings. The van der Waals surface area contributed by atoms with Crippen molar-refractivity contribution in [3.63, 3.8) is 0 Å². The number of nitrogens with one attached hydrogen (secondary N) is 1. The van der Waals surface area contributed by atoms with Crippen LogP contribution >= 0.6 is 0 Å². The Balaban J connectivity index is 2.36. The third-order valence-electron chi connectivity index (χ3n) is 2.70. The Hall–Kier alpha value is -0.650. The number of esters is 1. The standard InChI is InChI=1S/C13H25NO4/c1-13(2,3)18-12(16)11-9-10(5-6-14-11)17-8-4-7-15/h10-11,14-15H,4-9H2,1-3H3. The zero-order chi connectivity index (χ0) is 13.6. The van der Waals surface area contributed by atoms with Crippen LogP contribution in [0.1, 0.15) is 40.0 Å². The quantitative estimate of drug-likeness (QED) is 0.566. The summed E-state index contributed by atoms with van der Waals surface area (Å²) in [6, 6.07) is -0.280. The summed E-state index contributed by atoms with van der Waals surface area (Å²) in [6.45, 7) is 7.03. The van der Waals surface area contributed by atoms with E-state index in [-0.39, 0.29) is 24.7 Å². The lowest BCUT2D eigenvalue weighted by Crippen LogP contribution is -2.48. The van der Waals surface area contributed by atoms with E-state index in [2.05, 4.69) is 5.32 Å². The van der Waals surface area contributed by atoms with Crippen LogP contribution < -0.4 is 5.32 Å². The second-order valence-corrected chi connectivity index (χ2v) is 5.63. The maximum Gasteiger partial charge on any atom is 0.323 e. The molecule has 106 valence electrons. The average Bonchev–Trinajstić information content (AvgIpc) is 2.27. The fourth-order valence-corrected chi connectivity index (χ4v) is 1.90. The number of aliphatic hydroxyl groups is 1. The Labute approximate surface area is 109 Å². The Kier molecular flexibility index (Phi) is 6.05. The molecule has 1 fully saturated rings. The summed E-state index contributed by atoms with van der Waals surface area (Å²) in [7, 11) is 0. The van der Waals surface area contributed by atoms with Crippen molar-refractivity contribution in [1.29, 1.82) is 0 Å². The number of aliphatic hydroxyl groups excluding tert-OH is 1. The Morgan fingerprint density at radius 3 is 2.78 bits per heavy atom. The molecular weight excluding hydrogens is 234 g/mol. The lowest BCUT2D eigenvalue weighted by molar-refractivity contribution is -0.159. The van der Waals surface area contributed by atoms with Gasteiger partial charge in [-0.1, -0.05) is 0 Å². The van der Waals surface area contributed by atoms with Crippen molar-refractivity contribution in [2.45, 2.75) is 57.8 Å². The highest BCUT2D eigenvalue weighted by Crippen LogP contribution is 2.16. The minimum atomic E-state index is -0.455. The summed E-state index contributed by atoms with van der Waals surface area (Å²) in [5.74, 6) is -0.210. The SMILES string of the molecule is CC(C)(C)OC(=O)C1CC(OCCCO)CCN1. The van der Waals surface area contributed by atoms with E-state index in [1.807, 2.05) is 20.8 Å². The van der Waals surface area contributed by atoms with Gasteiger partial charge in [0.15, 0.2) is 0 Å². The maximum atomic E-state index is 11.9. The van der Waals surface area contributed by atoms with E-state index in [1.54, 1.807) is 0 Å². The Morgan fingerprint density at radius 1 is 1.44 bits per heavy atom. The molecule has 0 saturated carbocycles. The van der Waals surface area contributed by atoms with E-state index in [4.69, 9.17) is 14.6 Å². The number of hydrogen-bond acceptors (Lipinski definition) is 5. The maximum absolute atomic E-state index is 11.9. The summed E-state index contributed by atoms with van der Waals surface area (Å²) in [5, 5.41) is 11.9. The first-order chi connectivity index (χ1) is 8.42. The van der Waals surface area contributed by atoms with Gasteiger partial charge in [-0.15, -0.1) is 0 Å². The fraction of sp³-hybridized carbons (Fsp3) is 0.923. The molecule has 5 heteroatoms. The molecule has 0 bridgehead atoms. The van der Waals surface area contributed by atoms with E-state index in [0.717, 1.165) is 13.0 Å². The van der Waals surface area contributed by atoms with E-state index in [9.17, 15) is 4.79 Å². The van der Waals surface area contributed by atoms with Crippen molar-refractivity contribution in [3.8, 4) is 0 Å². The van der Waals surface area contributed by atoms with Crippen molar-refractivity contribution < 1.29 is 19.4 Å². The minimum absolute atomic E-state index is 0.0790. The molecule has 1 aliphatic rings. The third-order valence-corrected chi connectivity index (χ3v) is 2.70. The fourth-order valence-electron chi connectivity index (χ4n) is 1.90. The van der Waals surface area contributed by atoms with Crippen molar-refractivity contribution in [1.82, 2.24) is 5.32 Å². The molecule has 1 rings (SSSR count). The summed E-state index contributed by atoms with van der Waals surface area (Å²) in [4.78, 5) is 11.9. The monoisotopic (exact) mass is 259 g/mol. The van der Waals surface area contributed by atoms with Crippen LogP contribution in [0.4, 0.5) is 0 Å². The largest absolute Gasteiger partial charge is 0.459 e. The van der Waals surface area contributed by atoms with Gasteiger partial charge in [0.25, 0.3) is 0 Å². The molecular formula is C13H25NO4. The van der Waals surface area contributed by atoms with Crippen LogP contribution in [0.2, 0.25) is 0 Å². The lowest BCUT2D eigenvalue weighted by atomic mass is 10.0. The van der Waals surface area contributed by atoms with Crippen LogP contribution in [-0.4, -0.2) is 48.6 Å². The number of carbonyl (C=O) groups is 1. The lowest BCUT2D eigenvalue weighted by Gasteiger charge is -2.31. The van der Waals surface area contributed by atoms with Crippen LogP contribution in [0.25, 0.3) is 0 Å². The Morgan fingerprint density at radius 2 is 2.17 bits per heavy atom. The van der Waals surface area contributed by atoms with Gasteiger partial charge in [0.05, 0.1) is 6.10 Å². The number of ether oxygens (including phenoxy) is 2. The van der Waals surface area contributed by atoms with Gasteiger partial charge in [0.2, 0.25) is 0 Å². The molecule has 0 aromatic carbocycles. The zero-order valence-corrected chi connectivity index (χ0v) is 11.6. The number of piperidine rings is 1. The smallest absolute Gasteiger partial charge is 0.323 e. The van der Waals surface area contributed by atoms with Crippen LogP contribution in [0, 0.1) is 0 Å². The predicted octanol–water partition coefficient (Wildman–Crippen LogP) is 0.848. The molecule has 18 heavy (non-hydrogen) atoms. The Bertz CT molecular complexity index is 262. The molecule has 1 aliphatic heterocycles. The van der Waals surface area contributed by atoms with Gasteiger partial charge in [-0.2, -0.15) is 0 Å². The number of carbonyl (C=O) groups excluding carboxylic acids is 1. The van der Waals surface area contributed by atoms with E-state index in [0.29, 0.717) is 19.4 Å². The molecule has 0 aliphatic carbocycles. The zero-order valence-electron chi connectivity index (χ0n) is 11.6. The molecule has 0 aromatic heterocycles. The molecule has 0 radical (unpaired) electrons. The second-order valence-electron chi connectivity index (χ2n) is 5.63. The minimum Gasteiger partial charge on any atom is -0.459 e. The highest BCUT2D eigenvalue weighted by atomic mass is 16.6. The molecule has 2 atom stereocenters. The normalized spacial score (nSPS) is 24.9. The van der Waals surface area contributed by atoms with Gasteiger partial charge in [0.1, 0.15) is 11.6 Å². The average molecular weight is 259 g/mol. The molecule has 1 heterocycles. The molecule has 1 saturated heterocycles. The van der Waals surface area contributed by atoms with E-state index >= 15 is 0 Å². The highest BCUT2D eigenvalue weighted by Gasteiger charge is 2.30. The molecule has 0 spiro atoms. The van der Waals surface area contributed by atoms with Gasteiger partial charge in [-0.25, -0.2) is 0 Å². The van der Waals surface area contributed by atoms with Crippen molar-refractivity contribution in [2.75, 3.05) is 19.8 Å². The summed E-state index contributed by atoms with van der Waals surface area (Å²) >= 11 is 0. The van der Waals surface area contributed by atoms with Gasteiger partial charge < -0.3 is 19.9 Å². The van der Waals surface area contributed by atoms with Crippen molar-refractivity contribution in [3.05, 3.63) is 0 Å². The topological polar surface area (TPSA) is 67.8 Å². The van der Waals surface area contributed by atoms with Crippen molar-refractivity contribution in [2.24, 2.45) is 0 Å². The first-order valence-electron chi connectivity index (χ1n) is 6.61. The first-order valence-corrected chi connectivity index (χ1v) is 6.61. The van der Waals surface area contributed by atoms with Crippen LogP contribution in [0.3, 0.4) is 0 Å². The van der Waals surface area contributed by atoms with Gasteiger partial charge in [-0.05, 0) is 46.6 Å². The summed E-state index contributed by atoms with van der Waals surface area (Å²) < 4.78 is 11.0. The third kappa shape index (κ3) is 5.80. The van der Waals surface area contributed by atoms with Crippen LogP contribution in [0.5, 0.6) is 0 Å². The van der Waals surface area contributed by atoms with Gasteiger partial charge in [-0.3, -0.25) is 4.79 Å². The molecule has 2 unspecified atom stereocenters. The van der Waals surface area contributed by atoms with Gasteiger partial charge >= 0.3 is 5.97 Å².